The molecule has 3 aromatic rings. The van der Waals surface area contributed by atoms with Crippen molar-refractivity contribution < 1.29 is 19.4 Å². The first-order chi connectivity index (χ1) is 17.3. The van der Waals surface area contributed by atoms with Crippen LogP contribution in [0.2, 0.25) is 0 Å². The molecule has 1 amide bonds. The molecular formula is C28H32N4O5. The lowest BCUT2D eigenvalue weighted by atomic mass is 9.81. The average molecular weight is 505 g/mol. The van der Waals surface area contributed by atoms with Crippen molar-refractivity contribution in [1.29, 1.82) is 0 Å². The minimum absolute atomic E-state index is 0.289. The van der Waals surface area contributed by atoms with Crippen molar-refractivity contribution in [2.75, 3.05) is 7.11 Å². The summed E-state index contributed by atoms with van der Waals surface area (Å²) in [7, 11) is 1.65. The van der Waals surface area contributed by atoms with Gasteiger partial charge in [0.2, 0.25) is 11.8 Å². The molecule has 9 heteroatoms. The van der Waals surface area contributed by atoms with E-state index in [4.69, 9.17) is 20.2 Å². The second kappa shape index (κ2) is 8.26. The van der Waals surface area contributed by atoms with Gasteiger partial charge in [0, 0.05) is 23.1 Å². The quantitative estimate of drug-likeness (QED) is 0.552. The van der Waals surface area contributed by atoms with Crippen LogP contribution in [0.25, 0.3) is 5.69 Å². The molecule has 2 aromatic carbocycles. The third-order valence-electron chi connectivity index (χ3n) is 7.00. The van der Waals surface area contributed by atoms with Crippen molar-refractivity contribution in [2.24, 2.45) is 10.7 Å². The molecule has 0 fully saturated rings. The summed E-state index contributed by atoms with van der Waals surface area (Å²) < 4.78 is 14.3. The van der Waals surface area contributed by atoms with Crippen LogP contribution in [0.15, 0.2) is 46.3 Å². The van der Waals surface area contributed by atoms with Crippen LogP contribution in [0, 0.1) is 0 Å². The Morgan fingerprint density at radius 2 is 1.95 bits per heavy atom. The lowest BCUT2D eigenvalue weighted by Crippen LogP contribution is -2.32. The summed E-state index contributed by atoms with van der Waals surface area (Å²) in [5, 5.41) is 10.6. The molecule has 37 heavy (non-hydrogen) atoms. The molecule has 3 heterocycles. The summed E-state index contributed by atoms with van der Waals surface area (Å²) in [4.78, 5) is 29.9. The molecule has 0 saturated heterocycles. The molecule has 0 saturated carbocycles. The Labute approximate surface area is 215 Å². The maximum Gasteiger partial charge on any atom is 0.336 e. The minimum atomic E-state index is -0.904. The van der Waals surface area contributed by atoms with Crippen molar-refractivity contribution in [3.63, 3.8) is 0 Å². The molecule has 3 N–H and O–H groups in total. The SMILES string of the molecule is COc1cc2c(c3c1OC(C)(C)C3)C(c1cccc(-n3c(O)cn(C(C)C(N)=O)c3=O)c1)=NC(C)(C)C2. The van der Waals surface area contributed by atoms with Gasteiger partial charge in [0.05, 0.1) is 30.2 Å². The molecule has 0 spiro atoms. The summed E-state index contributed by atoms with van der Waals surface area (Å²) in [5.41, 5.74) is 9.32. The highest BCUT2D eigenvalue weighted by Crippen LogP contribution is 2.47. The number of aromatic hydroxyl groups is 1. The fourth-order valence-electron chi connectivity index (χ4n) is 5.33. The number of fused-ring (bicyclic) bond motifs is 3. The van der Waals surface area contributed by atoms with E-state index in [1.165, 1.54) is 13.1 Å². The fraction of sp³-hybridized carbons (Fsp3) is 0.393. The van der Waals surface area contributed by atoms with E-state index in [0.29, 0.717) is 17.9 Å². The highest BCUT2D eigenvalue weighted by atomic mass is 16.5. The normalized spacial score (nSPS) is 17.8. The summed E-state index contributed by atoms with van der Waals surface area (Å²) in [6, 6.07) is 8.44. The Morgan fingerprint density at radius 3 is 2.62 bits per heavy atom. The van der Waals surface area contributed by atoms with Crippen LogP contribution in [0.1, 0.15) is 62.9 Å². The number of primary amides is 1. The van der Waals surface area contributed by atoms with E-state index < -0.39 is 17.6 Å². The van der Waals surface area contributed by atoms with E-state index in [9.17, 15) is 14.7 Å². The zero-order chi connectivity index (χ0) is 26.9. The van der Waals surface area contributed by atoms with Crippen molar-refractivity contribution >= 4 is 11.6 Å². The third-order valence-corrected chi connectivity index (χ3v) is 7.00. The van der Waals surface area contributed by atoms with Crippen LogP contribution < -0.4 is 20.9 Å². The summed E-state index contributed by atoms with van der Waals surface area (Å²) >= 11 is 0. The topological polar surface area (TPSA) is 121 Å². The van der Waals surface area contributed by atoms with Gasteiger partial charge in [-0.3, -0.25) is 14.4 Å². The first-order valence-electron chi connectivity index (χ1n) is 12.3. The first-order valence-corrected chi connectivity index (χ1v) is 12.3. The number of aliphatic imine (C=N–C) groups is 1. The number of hydrogen-bond donors (Lipinski definition) is 2. The van der Waals surface area contributed by atoms with E-state index in [0.717, 1.165) is 49.3 Å². The van der Waals surface area contributed by atoms with Crippen LogP contribution >= 0.6 is 0 Å². The Kier molecular flexibility index (Phi) is 5.51. The number of methoxy groups -OCH3 is 1. The number of carbonyl (C=O) groups excluding carboxylic acids is 1. The maximum absolute atomic E-state index is 13.1. The van der Waals surface area contributed by atoms with E-state index in [2.05, 4.69) is 27.7 Å². The Balaban J connectivity index is 1.69. The largest absolute Gasteiger partial charge is 0.493 e. The molecule has 1 unspecified atom stereocenters. The van der Waals surface area contributed by atoms with E-state index in [1.807, 2.05) is 24.3 Å². The molecule has 5 rings (SSSR count). The van der Waals surface area contributed by atoms with Gasteiger partial charge in [-0.2, -0.15) is 0 Å². The van der Waals surface area contributed by atoms with Gasteiger partial charge in [-0.05, 0) is 64.8 Å². The molecule has 1 atom stereocenters. The van der Waals surface area contributed by atoms with Crippen LogP contribution in [0.5, 0.6) is 17.4 Å². The number of benzene rings is 2. The zero-order valence-corrected chi connectivity index (χ0v) is 22.0. The molecule has 1 aromatic heterocycles. The average Bonchev–Trinajstić information content (AvgIpc) is 3.30. The van der Waals surface area contributed by atoms with Gasteiger partial charge in [0.25, 0.3) is 0 Å². The smallest absolute Gasteiger partial charge is 0.336 e. The van der Waals surface area contributed by atoms with Crippen LogP contribution in [0.4, 0.5) is 0 Å². The molecule has 2 aliphatic heterocycles. The van der Waals surface area contributed by atoms with Gasteiger partial charge in [-0.25, -0.2) is 9.36 Å². The van der Waals surface area contributed by atoms with E-state index >= 15 is 0 Å². The third kappa shape index (κ3) is 4.08. The summed E-state index contributed by atoms with van der Waals surface area (Å²) in [6.45, 7) is 9.78. The number of nitrogens with two attached hydrogens (primary N) is 1. The number of rotatable bonds is 5. The van der Waals surface area contributed by atoms with Crippen LogP contribution in [-0.2, 0) is 17.6 Å². The van der Waals surface area contributed by atoms with Crippen LogP contribution in [-0.4, -0.2) is 44.1 Å². The predicted octanol–water partition coefficient (Wildman–Crippen LogP) is 3.29. The molecule has 0 aliphatic carbocycles. The highest BCUT2D eigenvalue weighted by Gasteiger charge is 2.39. The minimum Gasteiger partial charge on any atom is -0.493 e. The number of imidazole rings is 1. The number of nitrogens with zero attached hydrogens (tertiary/aromatic N) is 3. The molecule has 9 nitrogen and oxygen atoms in total. The van der Waals surface area contributed by atoms with Gasteiger partial charge in [0.15, 0.2) is 11.5 Å². The van der Waals surface area contributed by atoms with Gasteiger partial charge < -0.3 is 20.3 Å². The molecular weight excluding hydrogens is 472 g/mol. The fourth-order valence-corrected chi connectivity index (χ4v) is 5.33. The van der Waals surface area contributed by atoms with Crippen molar-refractivity contribution in [2.45, 2.75) is 64.6 Å². The van der Waals surface area contributed by atoms with E-state index in [-0.39, 0.29) is 17.0 Å². The highest BCUT2D eigenvalue weighted by molar-refractivity contribution is 6.16. The Morgan fingerprint density at radius 1 is 1.22 bits per heavy atom. The second-order valence-corrected chi connectivity index (χ2v) is 11.1. The number of aromatic nitrogens is 2. The molecule has 0 radical (unpaired) electrons. The maximum atomic E-state index is 13.1. The first kappa shape index (κ1) is 24.7. The Hall–Kier alpha value is -4.01. The monoisotopic (exact) mass is 504 g/mol. The second-order valence-electron chi connectivity index (χ2n) is 11.1. The number of carbonyl (C=O) groups is 1. The van der Waals surface area contributed by atoms with Gasteiger partial charge >= 0.3 is 5.69 Å². The molecule has 2 aliphatic rings. The van der Waals surface area contributed by atoms with Crippen molar-refractivity contribution in [3.8, 4) is 23.1 Å². The number of hydrogen-bond acceptors (Lipinski definition) is 6. The molecule has 194 valence electrons. The van der Waals surface area contributed by atoms with Gasteiger partial charge in [-0.15, -0.1) is 0 Å². The van der Waals surface area contributed by atoms with Gasteiger partial charge in [0.1, 0.15) is 11.6 Å². The summed E-state index contributed by atoms with van der Waals surface area (Å²) in [5.74, 6) is 0.493. The Bertz CT molecular complexity index is 1530. The predicted molar refractivity (Wildman–Crippen MR) is 140 cm³/mol. The lowest BCUT2D eigenvalue weighted by molar-refractivity contribution is -0.120. The van der Waals surface area contributed by atoms with Gasteiger partial charge in [-0.1, -0.05) is 12.1 Å². The summed E-state index contributed by atoms with van der Waals surface area (Å²) in [6.07, 6.45) is 2.67. The van der Waals surface area contributed by atoms with E-state index in [1.54, 1.807) is 13.2 Å². The zero-order valence-electron chi connectivity index (χ0n) is 22.0. The molecule has 0 bridgehead atoms. The number of amides is 1. The van der Waals surface area contributed by atoms with Crippen molar-refractivity contribution in [3.05, 3.63) is 69.3 Å². The van der Waals surface area contributed by atoms with Crippen LogP contribution in [0.3, 0.4) is 0 Å². The van der Waals surface area contributed by atoms with Crippen molar-refractivity contribution in [1.82, 2.24) is 9.13 Å². The lowest BCUT2D eigenvalue weighted by Gasteiger charge is -2.31. The number of ether oxygens (including phenoxy) is 2. The standard InChI is InChI=1S/C28H32N4O5/c1-15(25(29)34)31-14-21(33)32(26(31)35)18-9-7-8-16(10-18)23-22-17(12-27(2,3)30-23)11-20(36-6)24-19(22)13-28(4,5)37-24/h7-11,14-15,33H,12-13H2,1-6H3,(H2,29,34).